The molecular formula is C25H19F2NO4. The van der Waals surface area contributed by atoms with E-state index in [0.29, 0.717) is 0 Å². The number of rotatable bonds is 6. The van der Waals surface area contributed by atoms with Gasteiger partial charge in [-0.2, -0.15) is 0 Å². The van der Waals surface area contributed by atoms with Gasteiger partial charge >= 0.3 is 12.1 Å². The minimum absolute atomic E-state index is 0.0237. The van der Waals surface area contributed by atoms with Gasteiger partial charge in [-0.1, -0.05) is 60.7 Å². The van der Waals surface area contributed by atoms with Crippen molar-refractivity contribution in [3.05, 3.63) is 101 Å². The molecule has 1 amide bonds. The van der Waals surface area contributed by atoms with Gasteiger partial charge in [0.05, 0.1) is 0 Å². The molecule has 7 heteroatoms. The Balaban J connectivity index is 1.35. The molecule has 1 aliphatic rings. The third-order valence-corrected chi connectivity index (χ3v) is 5.34. The molecule has 0 saturated heterocycles. The number of alkyl carbamates (subject to hydrolysis) is 1. The first-order valence-corrected chi connectivity index (χ1v) is 9.94. The molecular weight excluding hydrogens is 416 g/mol. The van der Waals surface area contributed by atoms with Gasteiger partial charge in [0.25, 0.3) is 0 Å². The number of amides is 1. The number of aromatic carboxylic acids is 1. The number of fused-ring (bicyclic) bond motifs is 3. The highest BCUT2D eigenvalue weighted by atomic mass is 19.1. The topological polar surface area (TPSA) is 75.6 Å². The number of hydrogen-bond donors (Lipinski definition) is 2. The average molecular weight is 435 g/mol. The molecule has 0 heterocycles. The standard InChI is InChI=1S/C25H19F2NO4/c26-21-12-11-15(23(27)22(21)24(29)30)6-5-13-28-25(31)32-14-20-18-9-3-1-7-16(18)17-8-2-4-10-19(17)20/h1-12,20H,13-14H2,(H,28,31)(H,29,30). The normalized spacial score (nSPS) is 12.4. The van der Waals surface area contributed by atoms with Gasteiger partial charge in [-0.3, -0.25) is 0 Å². The number of carboxylic acid groups (broad SMARTS) is 1. The van der Waals surface area contributed by atoms with Crippen molar-refractivity contribution in [2.45, 2.75) is 5.92 Å². The highest BCUT2D eigenvalue weighted by Crippen LogP contribution is 2.44. The van der Waals surface area contributed by atoms with Crippen LogP contribution in [-0.2, 0) is 4.74 Å². The van der Waals surface area contributed by atoms with Gasteiger partial charge < -0.3 is 15.2 Å². The first-order chi connectivity index (χ1) is 15.5. The van der Waals surface area contributed by atoms with Crippen molar-refractivity contribution in [1.29, 1.82) is 0 Å². The summed E-state index contributed by atoms with van der Waals surface area (Å²) in [6.07, 6.45) is 2.05. The van der Waals surface area contributed by atoms with Crippen LogP contribution in [-0.4, -0.2) is 30.3 Å². The molecule has 162 valence electrons. The average Bonchev–Trinajstić information content (AvgIpc) is 3.10. The van der Waals surface area contributed by atoms with Gasteiger partial charge in [-0.05, 0) is 34.4 Å². The molecule has 2 N–H and O–H groups in total. The third kappa shape index (κ3) is 4.09. The SMILES string of the molecule is O=C(NCC=Cc1ccc(F)c(C(=O)O)c1F)OCC1c2ccccc2-c2ccccc21. The minimum Gasteiger partial charge on any atom is -0.477 e. The Hall–Kier alpha value is -4.00. The maximum absolute atomic E-state index is 14.1. The smallest absolute Gasteiger partial charge is 0.407 e. The molecule has 3 aromatic rings. The third-order valence-electron chi connectivity index (χ3n) is 5.34. The molecule has 0 saturated carbocycles. The van der Waals surface area contributed by atoms with Gasteiger partial charge in [-0.15, -0.1) is 0 Å². The van der Waals surface area contributed by atoms with E-state index < -0.39 is 29.3 Å². The zero-order chi connectivity index (χ0) is 22.7. The van der Waals surface area contributed by atoms with Crippen molar-refractivity contribution in [3.8, 4) is 11.1 Å². The second-order valence-electron chi connectivity index (χ2n) is 7.24. The maximum atomic E-state index is 14.1. The van der Waals surface area contributed by atoms with Crippen LogP contribution in [0.5, 0.6) is 0 Å². The van der Waals surface area contributed by atoms with E-state index in [9.17, 15) is 18.4 Å². The number of carbonyl (C=O) groups is 2. The number of benzene rings is 3. The Morgan fingerprint density at radius 2 is 1.59 bits per heavy atom. The Morgan fingerprint density at radius 3 is 2.22 bits per heavy atom. The minimum atomic E-state index is -1.69. The number of halogens is 2. The zero-order valence-electron chi connectivity index (χ0n) is 16.8. The van der Waals surface area contributed by atoms with Crippen molar-refractivity contribution < 1.29 is 28.2 Å². The number of carbonyl (C=O) groups excluding carboxylic acids is 1. The van der Waals surface area contributed by atoms with Gasteiger partial charge in [0.2, 0.25) is 0 Å². The van der Waals surface area contributed by atoms with Crippen LogP contribution in [0.2, 0.25) is 0 Å². The molecule has 0 atom stereocenters. The van der Waals surface area contributed by atoms with Crippen molar-refractivity contribution in [2.24, 2.45) is 0 Å². The lowest BCUT2D eigenvalue weighted by Crippen LogP contribution is -2.26. The molecule has 0 spiro atoms. The van der Waals surface area contributed by atoms with Gasteiger partial charge in [0.1, 0.15) is 23.8 Å². The van der Waals surface area contributed by atoms with E-state index in [0.717, 1.165) is 34.4 Å². The summed E-state index contributed by atoms with van der Waals surface area (Å²) in [6.45, 7) is 0.189. The van der Waals surface area contributed by atoms with E-state index in [1.54, 1.807) is 0 Å². The lowest BCUT2D eigenvalue weighted by Gasteiger charge is -2.14. The number of hydrogen-bond acceptors (Lipinski definition) is 3. The summed E-state index contributed by atoms with van der Waals surface area (Å²) in [7, 11) is 0. The Morgan fingerprint density at radius 1 is 0.969 bits per heavy atom. The van der Waals surface area contributed by atoms with E-state index >= 15 is 0 Å². The summed E-state index contributed by atoms with van der Waals surface area (Å²) in [5, 5.41) is 11.4. The lowest BCUT2D eigenvalue weighted by molar-refractivity contribution is 0.0686. The second-order valence-corrected chi connectivity index (χ2v) is 7.24. The molecule has 0 aromatic heterocycles. The fraction of sp³-hybridized carbons (Fsp3) is 0.120. The zero-order valence-corrected chi connectivity index (χ0v) is 16.8. The summed E-state index contributed by atoms with van der Waals surface area (Å²) in [6, 6.07) is 18.0. The molecule has 3 aromatic carbocycles. The number of ether oxygens (including phenoxy) is 1. The predicted octanol–water partition coefficient (Wildman–Crippen LogP) is 5.21. The summed E-state index contributed by atoms with van der Waals surface area (Å²) < 4.78 is 33.0. The van der Waals surface area contributed by atoms with Crippen molar-refractivity contribution in [3.63, 3.8) is 0 Å². The van der Waals surface area contributed by atoms with Gasteiger partial charge in [0.15, 0.2) is 0 Å². The van der Waals surface area contributed by atoms with E-state index in [2.05, 4.69) is 5.32 Å². The van der Waals surface area contributed by atoms with Crippen molar-refractivity contribution in [2.75, 3.05) is 13.2 Å². The fourth-order valence-electron chi connectivity index (χ4n) is 3.87. The second kappa shape index (κ2) is 9.01. The van der Waals surface area contributed by atoms with Crippen LogP contribution >= 0.6 is 0 Å². The Bertz CT molecular complexity index is 1180. The predicted molar refractivity (Wildman–Crippen MR) is 115 cm³/mol. The van der Waals surface area contributed by atoms with E-state index in [1.807, 2.05) is 48.5 Å². The van der Waals surface area contributed by atoms with Crippen LogP contribution in [0.25, 0.3) is 17.2 Å². The molecule has 0 fully saturated rings. The summed E-state index contributed by atoms with van der Waals surface area (Å²) >= 11 is 0. The number of nitrogens with one attached hydrogen (secondary N) is 1. The molecule has 0 radical (unpaired) electrons. The summed E-state index contributed by atoms with van der Waals surface area (Å²) in [5.74, 6) is -4.07. The molecule has 0 aliphatic heterocycles. The molecule has 1 aliphatic carbocycles. The lowest BCUT2D eigenvalue weighted by atomic mass is 9.98. The Kier molecular flexibility index (Phi) is 5.98. The van der Waals surface area contributed by atoms with Crippen LogP contribution in [0.15, 0.2) is 66.7 Å². The van der Waals surface area contributed by atoms with Crippen molar-refractivity contribution in [1.82, 2.24) is 5.32 Å². The van der Waals surface area contributed by atoms with E-state index in [4.69, 9.17) is 9.84 Å². The first kappa shape index (κ1) is 21.2. The fourth-order valence-corrected chi connectivity index (χ4v) is 3.87. The van der Waals surface area contributed by atoms with Crippen molar-refractivity contribution >= 4 is 18.1 Å². The van der Waals surface area contributed by atoms with Gasteiger partial charge in [0, 0.05) is 18.0 Å². The molecule has 0 unspecified atom stereocenters. The van der Waals surface area contributed by atoms with Crippen LogP contribution in [0.1, 0.15) is 33.0 Å². The van der Waals surface area contributed by atoms with Crippen LogP contribution < -0.4 is 5.32 Å². The highest BCUT2D eigenvalue weighted by molar-refractivity contribution is 5.89. The van der Waals surface area contributed by atoms with Crippen LogP contribution in [0.3, 0.4) is 0 Å². The summed E-state index contributed by atoms with van der Waals surface area (Å²) in [4.78, 5) is 23.1. The van der Waals surface area contributed by atoms with E-state index in [1.165, 1.54) is 12.2 Å². The maximum Gasteiger partial charge on any atom is 0.407 e. The number of carboxylic acids is 1. The summed E-state index contributed by atoms with van der Waals surface area (Å²) in [5.41, 5.74) is 3.34. The highest BCUT2D eigenvalue weighted by Gasteiger charge is 2.28. The molecule has 0 bridgehead atoms. The Labute approximate surface area is 183 Å². The molecule has 5 nitrogen and oxygen atoms in total. The largest absolute Gasteiger partial charge is 0.477 e. The molecule has 32 heavy (non-hydrogen) atoms. The monoisotopic (exact) mass is 435 g/mol. The van der Waals surface area contributed by atoms with Crippen LogP contribution in [0.4, 0.5) is 13.6 Å². The van der Waals surface area contributed by atoms with Gasteiger partial charge in [-0.25, -0.2) is 18.4 Å². The quantitative estimate of drug-likeness (QED) is 0.557. The van der Waals surface area contributed by atoms with E-state index in [-0.39, 0.29) is 24.6 Å². The molecule has 4 rings (SSSR count). The first-order valence-electron chi connectivity index (χ1n) is 9.94. The van der Waals surface area contributed by atoms with Crippen LogP contribution in [0, 0.1) is 11.6 Å².